The van der Waals surface area contributed by atoms with Crippen molar-refractivity contribution < 1.29 is 19.1 Å². The SMILES string of the molecule is CC(C)OC(=O)C1(C(=O)OC(C)C)Cc2c(C#Cc3ccccc3Cl)c(-c3ccccc3Cl)c3c(nnn3Cc3ccccc3)c2C1. The molecule has 0 saturated carbocycles. The zero-order chi connectivity index (χ0) is 33.3. The second kappa shape index (κ2) is 13.2. The van der Waals surface area contributed by atoms with E-state index in [-0.39, 0.29) is 12.8 Å². The number of hydrogen-bond acceptors (Lipinski definition) is 6. The average molecular weight is 667 g/mol. The first kappa shape index (κ1) is 32.3. The molecule has 0 spiro atoms. The van der Waals surface area contributed by atoms with Crippen molar-refractivity contribution in [3.05, 3.63) is 117 Å². The van der Waals surface area contributed by atoms with E-state index < -0.39 is 29.6 Å². The number of hydrogen-bond donors (Lipinski definition) is 0. The van der Waals surface area contributed by atoms with Crippen LogP contribution in [0.25, 0.3) is 22.2 Å². The Morgan fingerprint density at radius 2 is 1.40 bits per heavy atom. The smallest absolute Gasteiger partial charge is 0.324 e. The molecule has 4 aromatic carbocycles. The number of ether oxygens (including phenoxy) is 2. The molecule has 0 atom stereocenters. The van der Waals surface area contributed by atoms with E-state index in [9.17, 15) is 9.59 Å². The summed E-state index contributed by atoms with van der Waals surface area (Å²) < 4.78 is 13.3. The highest BCUT2D eigenvalue weighted by Crippen LogP contribution is 2.48. The third-order valence-corrected chi connectivity index (χ3v) is 8.77. The van der Waals surface area contributed by atoms with Crippen molar-refractivity contribution in [3.63, 3.8) is 0 Å². The monoisotopic (exact) mass is 665 g/mol. The number of carbonyl (C=O) groups excluding carboxylic acids is 2. The predicted octanol–water partition coefficient (Wildman–Crippen LogP) is 7.84. The van der Waals surface area contributed by atoms with Crippen LogP contribution < -0.4 is 0 Å². The molecule has 7 nitrogen and oxygen atoms in total. The van der Waals surface area contributed by atoms with Gasteiger partial charge in [-0.2, -0.15) is 0 Å². The zero-order valence-corrected chi connectivity index (χ0v) is 28.0. The van der Waals surface area contributed by atoms with Crippen LogP contribution in [0.15, 0.2) is 78.9 Å². The van der Waals surface area contributed by atoms with Crippen molar-refractivity contribution in [2.45, 2.75) is 59.3 Å². The standard InChI is InChI=1S/C38H33Cl2N3O4/c1-23(2)46-36(44)38(37(45)47-24(3)4)20-29-27(19-18-26-14-8-10-16-31(26)39)33(28-15-9-11-17-32(28)40)35-34(30(29)21-38)41-42-43(35)22-25-12-6-5-7-13-25/h5-17,23-24H,20-22H2,1-4H3. The van der Waals surface area contributed by atoms with Crippen molar-refractivity contribution in [2.24, 2.45) is 5.41 Å². The molecule has 0 radical (unpaired) electrons. The lowest BCUT2D eigenvalue weighted by Crippen LogP contribution is -2.44. The van der Waals surface area contributed by atoms with E-state index in [1.54, 1.807) is 33.8 Å². The van der Waals surface area contributed by atoms with Gasteiger partial charge in [0.05, 0.1) is 29.3 Å². The minimum atomic E-state index is -1.65. The van der Waals surface area contributed by atoms with Crippen LogP contribution in [0, 0.1) is 17.3 Å². The first-order chi connectivity index (χ1) is 22.6. The van der Waals surface area contributed by atoms with E-state index in [2.05, 4.69) is 22.2 Å². The highest BCUT2D eigenvalue weighted by atomic mass is 35.5. The Bertz CT molecular complexity index is 2040. The first-order valence-corrected chi connectivity index (χ1v) is 16.2. The number of aromatic nitrogens is 3. The normalized spacial score (nSPS) is 13.4. The Balaban J connectivity index is 1.69. The summed E-state index contributed by atoms with van der Waals surface area (Å²) in [5.41, 5.74) is 4.67. The third-order valence-electron chi connectivity index (χ3n) is 8.11. The number of carbonyl (C=O) groups is 2. The molecule has 1 aliphatic carbocycles. The molecule has 5 aromatic rings. The van der Waals surface area contributed by atoms with Crippen LogP contribution in [-0.2, 0) is 38.4 Å². The summed E-state index contributed by atoms with van der Waals surface area (Å²) in [5, 5.41) is 10.3. The molecule has 0 saturated heterocycles. The molecule has 1 aromatic heterocycles. The molecule has 47 heavy (non-hydrogen) atoms. The van der Waals surface area contributed by atoms with Gasteiger partial charge in [-0.15, -0.1) is 5.10 Å². The Kier molecular flexibility index (Phi) is 9.09. The van der Waals surface area contributed by atoms with Crippen molar-refractivity contribution in [1.29, 1.82) is 0 Å². The van der Waals surface area contributed by atoms with Crippen LogP contribution in [0.3, 0.4) is 0 Å². The lowest BCUT2D eigenvalue weighted by molar-refractivity contribution is -0.176. The first-order valence-electron chi connectivity index (χ1n) is 15.5. The number of benzene rings is 4. The van der Waals surface area contributed by atoms with E-state index in [1.807, 2.05) is 77.5 Å². The van der Waals surface area contributed by atoms with Gasteiger partial charge in [0.25, 0.3) is 0 Å². The molecular formula is C38H33Cl2N3O4. The van der Waals surface area contributed by atoms with Crippen LogP contribution in [0.5, 0.6) is 0 Å². The van der Waals surface area contributed by atoms with E-state index >= 15 is 0 Å². The van der Waals surface area contributed by atoms with Crippen molar-refractivity contribution in [1.82, 2.24) is 15.0 Å². The second-order valence-corrected chi connectivity index (χ2v) is 13.0. The molecular weight excluding hydrogens is 633 g/mol. The number of nitrogens with zero attached hydrogens (tertiary/aromatic N) is 3. The predicted molar refractivity (Wildman–Crippen MR) is 183 cm³/mol. The van der Waals surface area contributed by atoms with Crippen LogP contribution in [-0.4, -0.2) is 39.1 Å². The quantitative estimate of drug-likeness (QED) is 0.100. The van der Waals surface area contributed by atoms with E-state index in [0.29, 0.717) is 61.0 Å². The summed E-state index contributed by atoms with van der Waals surface area (Å²) >= 11 is 13.4. The number of fused-ring (bicyclic) bond motifs is 3. The number of rotatable bonds is 7. The molecule has 6 rings (SSSR count). The second-order valence-electron chi connectivity index (χ2n) is 12.2. The van der Waals surface area contributed by atoms with Gasteiger partial charge in [0.2, 0.25) is 0 Å². The average Bonchev–Trinajstić information content (AvgIpc) is 3.64. The Hall–Kier alpha value is -4.64. The maximum absolute atomic E-state index is 14.0. The molecule has 0 fully saturated rings. The van der Waals surface area contributed by atoms with Gasteiger partial charge in [-0.1, -0.05) is 101 Å². The molecule has 0 aliphatic heterocycles. The summed E-state index contributed by atoms with van der Waals surface area (Å²) in [7, 11) is 0. The van der Waals surface area contributed by atoms with Gasteiger partial charge in [-0.05, 0) is 62.6 Å². The van der Waals surface area contributed by atoms with Gasteiger partial charge >= 0.3 is 11.9 Å². The van der Waals surface area contributed by atoms with E-state index in [4.69, 9.17) is 32.7 Å². The van der Waals surface area contributed by atoms with Crippen LogP contribution >= 0.6 is 23.2 Å². The molecule has 1 aliphatic rings. The number of halogens is 2. The highest BCUT2D eigenvalue weighted by Gasteiger charge is 2.55. The lowest BCUT2D eigenvalue weighted by Gasteiger charge is -2.26. The summed E-state index contributed by atoms with van der Waals surface area (Å²) in [6.07, 6.45) is -0.867. The lowest BCUT2D eigenvalue weighted by atomic mass is 9.84. The topological polar surface area (TPSA) is 83.3 Å². The maximum Gasteiger partial charge on any atom is 0.324 e. The minimum absolute atomic E-state index is 0.00487. The molecule has 0 amide bonds. The van der Waals surface area contributed by atoms with Gasteiger partial charge in [-0.3, -0.25) is 9.59 Å². The fourth-order valence-electron chi connectivity index (χ4n) is 6.03. The molecule has 9 heteroatoms. The Morgan fingerprint density at radius 1 is 0.809 bits per heavy atom. The van der Waals surface area contributed by atoms with Crippen LogP contribution in [0.2, 0.25) is 10.0 Å². The van der Waals surface area contributed by atoms with Crippen molar-refractivity contribution in [2.75, 3.05) is 0 Å². The van der Waals surface area contributed by atoms with Gasteiger partial charge in [0.1, 0.15) is 5.52 Å². The van der Waals surface area contributed by atoms with Gasteiger partial charge < -0.3 is 9.47 Å². The van der Waals surface area contributed by atoms with E-state index in [1.165, 1.54) is 0 Å². The highest BCUT2D eigenvalue weighted by molar-refractivity contribution is 6.34. The Morgan fingerprint density at radius 3 is 2.04 bits per heavy atom. The van der Waals surface area contributed by atoms with Gasteiger partial charge in [-0.25, -0.2) is 4.68 Å². The summed E-state index contributed by atoms with van der Waals surface area (Å²) in [6, 6.07) is 24.8. The number of esters is 2. The molecule has 1 heterocycles. The zero-order valence-electron chi connectivity index (χ0n) is 26.5. The maximum atomic E-state index is 14.0. The van der Waals surface area contributed by atoms with Gasteiger partial charge in [0.15, 0.2) is 5.41 Å². The third kappa shape index (κ3) is 6.24. The Labute approximate surface area is 283 Å². The summed E-state index contributed by atoms with van der Waals surface area (Å²) in [4.78, 5) is 27.9. The summed E-state index contributed by atoms with van der Waals surface area (Å²) in [6.45, 7) is 7.44. The minimum Gasteiger partial charge on any atom is -0.462 e. The molecule has 0 bridgehead atoms. The van der Waals surface area contributed by atoms with Crippen LogP contribution in [0.4, 0.5) is 0 Å². The largest absolute Gasteiger partial charge is 0.462 e. The summed E-state index contributed by atoms with van der Waals surface area (Å²) in [5.74, 6) is 5.36. The van der Waals surface area contributed by atoms with Crippen molar-refractivity contribution in [3.8, 4) is 23.0 Å². The fraction of sp³-hybridized carbons (Fsp3) is 0.263. The molecule has 238 valence electrons. The van der Waals surface area contributed by atoms with Crippen molar-refractivity contribution >= 4 is 46.2 Å². The van der Waals surface area contributed by atoms with E-state index in [0.717, 1.165) is 5.56 Å². The molecule has 0 unspecified atom stereocenters. The van der Waals surface area contributed by atoms with Gasteiger partial charge in [0, 0.05) is 40.1 Å². The molecule has 0 N–H and O–H groups in total. The van der Waals surface area contributed by atoms with Crippen LogP contribution in [0.1, 0.15) is 55.5 Å². The fourth-order valence-corrected chi connectivity index (χ4v) is 6.44.